The third kappa shape index (κ3) is 3.83. The Morgan fingerprint density at radius 2 is 2.07 bits per heavy atom. The van der Waals surface area contributed by atoms with Crippen LogP contribution in [0.4, 0.5) is 8.78 Å². The summed E-state index contributed by atoms with van der Waals surface area (Å²) >= 11 is 0. The van der Waals surface area contributed by atoms with Gasteiger partial charge in [-0.3, -0.25) is 0 Å². The molecule has 0 atom stereocenters. The second-order valence-electron chi connectivity index (χ2n) is 3.62. The van der Waals surface area contributed by atoms with E-state index in [1.807, 2.05) is 0 Å². The van der Waals surface area contributed by atoms with Gasteiger partial charge in [-0.15, -0.1) is 0 Å². The van der Waals surface area contributed by atoms with E-state index in [0.29, 0.717) is 5.75 Å². The highest BCUT2D eigenvalue weighted by Gasteiger charge is 2.22. The Bertz CT molecular complexity index is 332. The van der Waals surface area contributed by atoms with Crippen molar-refractivity contribution in [2.75, 3.05) is 6.61 Å². The van der Waals surface area contributed by atoms with Gasteiger partial charge in [0.25, 0.3) is 5.92 Å². The maximum atomic E-state index is 12.5. The molecule has 0 aromatic heterocycles. The molecule has 1 aromatic carbocycles. The van der Waals surface area contributed by atoms with Gasteiger partial charge in [0.05, 0.1) is 6.61 Å². The van der Waals surface area contributed by atoms with Crippen molar-refractivity contribution in [2.24, 2.45) is 0 Å². The van der Waals surface area contributed by atoms with Crippen LogP contribution in [0.25, 0.3) is 0 Å². The lowest BCUT2D eigenvalue weighted by Crippen LogP contribution is -2.21. The monoisotopic (exact) mass is 216 g/mol. The second-order valence-corrected chi connectivity index (χ2v) is 3.62. The number of alkyl halides is 2. The van der Waals surface area contributed by atoms with E-state index < -0.39 is 12.5 Å². The molecule has 1 rings (SSSR count). The van der Waals surface area contributed by atoms with E-state index in [2.05, 4.69) is 0 Å². The Hall–Kier alpha value is -1.16. The maximum Gasteiger partial charge on any atom is 0.278 e. The fourth-order valence-corrected chi connectivity index (χ4v) is 1.18. The van der Waals surface area contributed by atoms with E-state index in [9.17, 15) is 8.78 Å². The summed E-state index contributed by atoms with van der Waals surface area (Å²) < 4.78 is 30.0. The number of aliphatic hydroxyl groups is 1. The zero-order chi connectivity index (χ0) is 11.5. The zero-order valence-electron chi connectivity index (χ0n) is 8.76. The number of hydrogen-bond acceptors (Lipinski definition) is 2. The van der Waals surface area contributed by atoms with Gasteiger partial charge in [0.15, 0.2) is 6.61 Å². The summed E-state index contributed by atoms with van der Waals surface area (Å²) in [5.74, 6) is -2.41. The van der Waals surface area contributed by atoms with Crippen LogP contribution in [0.5, 0.6) is 5.75 Å². The summed E-state index contributed by atoms with van der Waals surface area (Å²) in [6.07, 6.45) is 0. The lowest BCUT2D eigenvalue weighted by Gasteiger charge is -2.14. The number of ether oxygens (including phenoxy) is 1. The molecule has 0 unspecified atom stereocenters. The molecule has 0 fully saturated rings. The molecular weight excluding hydrogens is 202 g/mol. The SMILES string of the molecule is Cc1cc(CO)ccc1OCC(C)(F)F. The van der Waals surface area contributed by atoms with Crippen LogP contribution >= 0.6 is 0 Å². The molecule has 2 nitrogen and oxygen atoms in total. The van der Waals surface area contributed by atoms with Gasteiger partial charge in [-0.1, -0.05) is 12.1 Å². The van der Waals surface area contributed by atoms with Gasteiger partial charge in [0.1, 0.15) is 5.75 Å². The molecule has 1 N–H and O–H groups in total. The average molecular weight is 216 g/mol. The molecule has 0 spiro atoms. The predicted molar refractivity (Wildman–Crippen MR) is 53.2 cm³/mol. The molecule has 0 bridgehead atoms. The standard InChI is InChI=1S/C11H14F2O2/c1-8-5-9(6-14)3-4-10(8)15-7-11(2,12)13/h3-5,14H,6-7H2,1-2H3. The fourth-order valence-electron chi connectivity index (χ4n) is 1.18. The van der Waals surface area contributed by atoms with Crippen LogP contribution in [-0.4, -0.2) is 17.6 Å². The quantitative estimate of drug-likeness (QED) is 0.838. The summed E-state index contributed by atoms with van der Waals surface area (Å²) in [5.41, 5.74) is 1.48. The lowest BCUT2D eigenvalue weighted by molar-refractivity contribution is -0.0231. The molecule has 0 aliphatic heterocycles. The van der Waals surface area contributed by atoms with Crippen LogP contribution in [0, 0.1) is 6.92 Å². The van der Waals surface area contributed by atoms with Crippen molar-refractivity contribution in [3.63, 3.8) is 0 Å². The third-order valence-corrected chi connectivity index (χ3v) is 1.90. The fraction of sp³-hybridized carbons (Fsp3) is 0.455. The van der Waals surface area contributed by atoms with Gasteiger partial charge < -0.3 is 9.84 Å². The third-order valence-electron chi connectivity index (χ3n) is 1.90. The van der Waals surface area contributed by atoms with Crippen LogP contribution in [0.3, 0.4) is 0 Å². The molecule has 0 amide bonds. The molecule has 15 heavy (non-hydrogen) atoms. The van der Waals surface area contributed by atoms with E-state index in [0.717, 1.165) is 18.1 Å². The number of aliphatic hydroxyl groups excluding tert-OH is 1. The molecule has 0 radical (unpaired) electrons. The minimum Gasteiger partial charge on any atom is -0.487 e. The van der Waals surface area contributed by atoms with Gasteiger partial charge in [-0.25, -0.2) is 8.78 Å². The van der Waals surface area contributed by atoms with Gasteiger partial charge >= 0.3 is 0 Å². The van der Waals surface area contributed by atoms with Crippen molar-refractivity contribution in [3.05, 3.63) is 29.3 Å². The van der Waals surface area contributed by atoms with Crippen molar-refractivity contribution in [1.82, 2.24) is 0 Å². The molecular formula is C11H14F2O2. The van der Waals surface area contributed by atoms with E-state index in [-0.39, 0.29) is 6.61 Å². The molecule has 1 aromatic rings. The summed E-state index contributed by atoms with van der Waals surface area (Å²) in [4.78, 5) is 0. The summed E-state index contributed by atoms with van der Waals surface area (Å²) in [7, 11) is 0. The van der Waals surface area contributed by atoms with Crippen LogP contribution in [-0.2, 0) is 6.61 Å². The van der Waals surface area contributed by atoms with Crippen LogP contribution < -0.4 is 4.74 Å². The van der Waals surface area contributed by atoms with Crippen LogP contribution in [0.2, 0.25) is 0 Å². The van der Waals surface area contributed by atoms with E-state index in [4.69, 9.17) is 9.84 Å². The normalized spacial score (nSPS) is 11.5. The molecule has 0 aliphatic carbocycles. The molecule has 84 valence electrons. The lowest BCUT2D eigenvalue weighted by atomic mass is 10.1. The van der Waals surface area contributed by atoms with E-state index in [1.165, 1.54) is 0 Å². The molecule has 0 aliphatic rings. The highest BCUT2D eigenvalue weighted by Crippen LogP contribution is 2.21. The summed E-state index contributed by atoms with van der Waals surface area (Å²) in [6, 6.07) is 4.95. The smallest absolute Gasteiger partial charge is 0.278 e. The minimum absolute atomic E-state index is 0.0644. The summed E-state index contributed by atoms with van der Waals surface area (Å²) in [6.45, 7) is 1.87. The maximum absolute atomic E-state index is 12.5. The van der Waals surface area contributed by atoms with Crippen LogP contribution in [0.1, 0.15) is 18.1 Å². The first-order chi connectivity index (χ1) is 6.92. The first kappa shape index (κ1) is 11.9. The van der Waals surface area contributed by atoms with Gasteiger partial charge in [0, 0.05) is 6.92 Å². The molecule has 0 heterocycles. The number of benzene rings is 1. The van der Waals surface area contributed by atoms with E-state index in [1.54, 1.807) is 25.1 Å². The Morgan fingerprint density at radius 1 is 1.40 bits per heavy atom. The Labute approximate surface area is 87.5 Å². The molecule has 0 saturated heterocycles. The van der Waals surface area contributed by atoms with Gasteiger partial charge in [0.2, 0.25) is 0 Å². The number of halogens is 2. The number of rotatable bonds is 4. The molecule has 4 heteroatoms. The first-order valence-electron chi connectivity index (χ1n) is 4.63. The Balaban J connectivity index is 2.70. The van der Waals surface area contributed by atoms with E-state index >= 15 is 0 Å². The largest absolute Gasteiger partial charge is 0.487 e. The topological polar surface area (TPSA) is 29.5 Å². The van der Waals surface area contributed by atoms with Gasteiger partial charge in [-0.2, -0.15) is 0 Å². The predicted octanol–water partition coefficient (Wildman–Crippen LogP) is 2.52. The first-order valence-corrected chi connectivity index (χ1v) is 4.63. The molecule has 0 saturated carbocycles. The number of hydrogen-bond donors (Lipinski definition) is 1. The highest BCUT2D eigenvalue weighted by molar-refractivity contribution is 5.35. The average Bonchev–Trinajstić information content (AvgIpc) is 2.14. The Morgan fingerprint density at radius 3 is 2.53 bits per heavy atom. The van der Waals surface area contributed by atoms with Gasteiger partial charge in [-0.05, 0) is 24.1 Å². The van der Waals surface area contributed by atoms with Crippen molar-refractivity contribution in [1.29, 1.82) is 0 Å². The minimum atomic E-state index is -2.83. The van der Waals surface area contributed by atoms with Crippen molar-refractivity contribution in [2.45, 2.75) is 26.4 Å². The zero-order valence-corrected chi connectivity index (χ0v) is 8.76. The number of aryl methyl sites for hydroxylation is 1. The highest BCUT2D eigenvalue weighted by atomic mass is 19.3. The summed E-state index contributed by atoms with van der Waals surface area (Å²) in [5, 5.41) is 8.85. The van der Waals surface area contributed by atoms with Crippen LogP contribution in [0.15, 0.2) is 18.2 Å². The van der Waals surface area contributed by atoms with Crippen molar-refractivity contribution < 1.29 is 18.6 Å². The van der Waals surface area contributed by atoms with Crippen molar-refractivity contribution >= 4 is 0 Å². The second kappa shape index (κ2) is 4.57. The Kier molecular flexibility index (Phi) is 3.63. The van der Waals surface area contributed by atoms with Crippen molar-refractivity contribution in [3.8, 4) is 5.75 Å².